The van der Waals surface area contributed by atoms with Gasteiger partial charge in [-0.25, -0.2) is 0 Å². The molecule has 0 spiro atoms. The standard InChI is InChI=1S/C33H31NS2/c1-6-22-10-9-12-27(21(22)2)34(24-16-14-23(15-17-24)33(3,4)5)28-20-35-32-25(28)18-19-30-31(32)26-11-7-8-13-29(26)36-30/h7-20H,6H2,1-5H3. The zero-order valence-electron chi connectivity index (χ0n) is 21.6. The van der Waals surface area contributed by atoms with Crippen molar-refractivity contribution in [2.45, 2.75) is 46.5 Å². The fraction of sp³-hybridized carbons (Fsp3) is 0.212. The van der Waals surface area contributed by atoms with E-state index in [1.807, 2.05) is 22.7 Å². The van der Waals surface area contributed by atoms with E-state index in [0.717, 1.165) is 6.42 Å². The van der Waals surface area contributed by atoms with Crippen LogP contribution in [0.4, 0.5) is 17.1 Å². The van der Waals surface area contributed by atoms with Crippen molar-refractivity contribution in [3.05, 3.63) is 101 Å². The molecule has 2 heterocycles. The largest absolute Gasteiger partial charge is 0.309 e. The Hall–Kier alpha value is -3.14. The highest BCUT2D eigenvalue weighted by molar-refractivity contribution is 7.27. The van der Waals surface area contributed by atoms with Crippen molar-refractivity contribution >= 4 is 70.0 Å². The maximum atomic E-state index is 2.47. The van der Waals surface area contributed by atoms with Gasteiger partial charge in [0.05, 0.1) is 5.69 Å². The van der Waals surface area contributed by atoms with Gasteiger partial charge in [-0.3, -0.25) is 0 Å². The van der Waals surface area contributed by atoms with Crippen LogP contribution in [0.5, 0.6) is 0 Å². The van der Waals surface area contributed by atoms with Gasteiger partial charge in [0.2, 0.25) is 0 Å². The topological polar surface area (TPSA) is 3.24 Å². The molecule has 0 fully saturated rings. The van der Waals surface area contributed by atoms with Crippen LogP contribution in [0.1, 0.15) is 44.4 Å². The number of aryl methyl sites for hydroxylation is 1. The first kappa shape index (κ1) is 23.3. The van der Waals surface area contributed by atoms with E-state index in [1.54, 1.807) is 0 Å². The summed E-state index contributed by atoms with van der Waals surface area (Å²) < 4.78 is 4.10. The van der Waals surface area contributed by atoms with E-state index in [2.05, 4.69) is 124 Å². The van der Waals surface area contributed by atoms with Gasteiger partial charge < -0.3 is 4.90 Å². The van der Waals surface area contributed by atoms with Crippen molar-refractivity contribution in [2.24, 2.45) is 0 Å². The van der Waals surface area contributed by atoms with E-state index >= 15 is 0 Å². The van der Waals surface area contributed by atoms with Crippen molar-refractivity contribution in [3.8, 4) is 0 Å². The Labute approximate surface area is 221 Å². The van der Waals surface area contributed by atoms with Crippen LogP contribution in [0, 0.1) is 6.92 Å². The highest BCUT2D eigenvalue weighted by Crippen LogP contribution is 2.48. The average molecular weight is 506 g/mol. The predicted octanol–water partition coefficient (Wildman–Crippen LogP) is 10.9. The highest BCUT2D eigenvalue weighted by Gasteiger charge is 2.22. The van der Waals surface area contributed by atoms with Gasteiger partial charge >= 0.3 is 0 Å². The number of nitrogens with zero attached hydrogens (tertiary/aromatic N) is 1. The lowest BCUT2D eigenvalue weighted by molar-refractivity contribution is 0.590. The first-order chi connectivity index (χ1) is 17.4. The Morgan fingerprint density at radius 2 is 1.53 bits per heavy atom. The van der Waals surface area contributed by atoms with Gasteiger partial charge in [-0.2, -0.15) is 0 Å². The van der Waals surface area contributed by atoms with Gasteiger partial charge in [-0.1, -0.05) is 70.2 Å². The highest BCUT2D eigenvalue weighted by atomic mass is 32.1. The normalized spacial score (nSPS) is 12.1. The molecule has 2 aromatic heterocycles. The van der Waals surface area contributed by atoms with E-state index in [1.165, 1.54) is 64.0 Å². The molecule has 0 bridgehead atoms. The van der Waals surface area contributed by atoms with Crippen LogP contribution in [-0.2, 0) is 11.8 Å². The molecule has 4 aromatic carbocycles. The minimum atomic E-state index is 0.127. The Morgan fingerprint density at radius 3 is 2.28 bits per heavy atom. The van der Waals surface area contributed by atoms with E-state index in [0.29, 0.717) is 0 Å². The van der Waals surface area contributed by atoms with Crippen LogP contribution >= 0.6 is 22.7 Å². The van der Waals surface area contributed by atoms with Gasteiger partial charge in [-0.05, 0) is 71.8 Å². The van der Waals surface area contributed by atoms with Crippen molar-refractivity contribution in [3.63, 3.8) is 0 Å². The molecule has 180 valence electrons. The second-order valence-corrected chi connectivity index (χ2v) is 12.5. The lowest BCUT2D eigenvalue weighted by atomic mass is 9.87. The molecular weight excluding hydrogens is 475 g/mol. The van der Waals surface area contributed by atoms with Gasteiger partial charge in [0.25, 0.3) is 0 Å². The number of thiophene rings is 2. The lowest BCUT2D eigenvalue weighted by Gasteiger charge is -2.28. The second kappa shape index (κ2) is 8.76. The summed E-state index contributed by atoms with van der Waals surface area (Å²) in [5, 5.41) is 6.43. The third kappa shape index (κ3) is 3.73. The molecule has 6 aromatic rings. The number of benzene rings is 4. The summed E-state index contributed by atoms with van der Waals surface area (Å²) in [6, 6.07) is 29.3. The fourth-order valence-electron chi connectivity index (χ4n) is 5.27. The minimum Gasteiger partial charge on any atom is -0.309 e. The summed E-state index contributed by atoms with van der Waals surface area (Å²) in [7, 11) is 0. The van der Waals surface area contributed by atoms with Crippen molar-refractivity contribution in [2.75, 3.05) is 4.90 Å². The van der Waals surface area contributed by atoms with Crippen molar-refractivity contribution in [1.82, 2.24) is 0 Å². The Balaban J connectivity index is 1.62. The molecule has 0 N–H and O–H groups in total. The van der Waals surface area contributed by atoms with Gasteiger partial charge in [0.1, 0.15) is 0 Å². The molecule has 0 aliphatic rings. The zero-order chi connectivity index (χ0) is 25.0. The van der Waals surface area contributed by atoms with Gasteiger partial charge in [0.15, 0.2) is 0 Å². The van der Waals surface area contributed by atoms with Crippen molar-refractivity contribution < 1.29 is 0 Å². The van der Waals surface area contributed by atoms with Crippen LogP contribution < -0.4 is 4.90 Å². The van der Waals surface area contributed by atoms with Crippen LogP contribution in [0.25, 0.3) is 30.3 Å². The molecule has 1 nitrogen and oxygen atoms in total. The van der Waals surface area contributed by atoms with Crippen LogP contribution in [0.15, 0.2) is 84.2 Å². The third-order valence-electron chi connectivity index (χ3n) is 7.33. The smallest absolute Gasteiger partial charge is 0.0647 e. The lowest BCUT2D eigenvalue weighted by Crippen LogP contribution is -2.14. The summed E-state index contributed by atoms with van der Waals surface area (Å²) >= 11 is 3.76. The molecule has 0 aliphatic heterocycles. The van der Waals surface area contributed by atoms with E-state index in [-0.39, 0.29) is 5.41 Å². The van der Waals surface area contributed by atoms with E-state index in [4.69, 9.17) is 0 Å². The Kier molecular flexibility index (Phi) is 5.66. The average Bonchev–Trinajstić information content (AvgIpc) is 3.46. The number of hydrogen-bond acceptors (Lipinski definition) is 3. The van der Waals surface area contributed by atoms with Crippen LogP contribution in [-0.4, -0.2) is 0 Å². The zero-order valence-corrected chi connectivity index (χ0v) is 23.2. The minimum absolute atomic E-state index is 0.127. The summed E-state index contributed by atoms with van der Waals surface area (Å²) in [4.78, 5) is 2.47. The Bertz CT molecular complexity index is 1710. The van der Waals surface area contributed by atoms with E-state index < -0.39 is 0 Å². The van der Waals surface area contributed by atoms with E-state index in [9.17, 15) is 0 Å². The van der Waals surface area contributed by atoms with Gasteiger partial charge in [0, 0.05) is 47.0 Å². The molecule has 0 unspecified atom stereocenters. The maximum absolute atomic E-state index is 2.47. The second-order valence-electron chi connectivity index (χ2n) is 10.6. The molecule has 0 amide bonds. The number of fused-ring (bicyclic) bond motifs is 5. The first-order valence-electron chi connectivity index (χ1n) is 12.7. The van der Waals surface area contributed by atoms with Crippen molar-refractivity contribution in [1.29, 1.82) is 0 Å². The summed E-state index contributed by atoms with van der Waals surface area (Å²) in [5.74, 6) is 0. The molecule has 0 atom stereocenters. The predicted molar refractivity (Wildman–Crippen MR) is 162 cm³/mol. The maximum Gasteiger partial charge on any atom is 0.0647 e. The Morgan fingerprint density at radius 1 is 0.750 bits per heavy atom. The molecular formula is C33H31NS2. The van der Waals surface area contributed by atoms with Gasteiger partial charge in [-0.15, -0.1) is 22.7 Å². The monoisotopic (exact) mass is 505 g/mol. The molecule has 0 saturated carbocycles. The molecule has 6 rings (SSSR count). The number of anilines is 3. The fourth-order valence-corrected chi connectivity index (χ4v) is 7.55. The number of hydrogen-bond donors (Lipinski definition) is 0. The summed E-state index contributed by atoms with van der Waals surface area (Å²) in [6.45, 7) is 11.3. The first-order valence-corrected chi connectivity index (χ1v) is 14.4. The molecule has 0 radical (unpaired) electrons. The quantitative estimate of drug-likeness (QED) is 0.230. The molecule has 0 aliphatic carbocycles. The number of rotatable bonds is 4. The summed E-state index contributed by atoms with van der Waals surface area (Å²) in [5.41, 5.74) is 7.94. The van der Waals surface area contributed by atoms with Crippen LogP contribution in [0.2, 0.25) is 0 Å². The van der Waals surface area contributed by atoms with Crippen LogP contribution in [0.3, 0.4) is 0 Å². The third-order valence-corrected chi connectivity index (χ3v) is 9.47. The molecule has 0 saturated heterocycles. The SMILES string of the molecule is CCc1cccc(N(c2ccc(C(C)(C)C)cc2)c2csc3c2ccc2sc4ccccc4c23)c1C. The summed E-state index contributed by atoms with van der Waals surface area (Å²) in [6.07, 6.45) is 1.03. The molecule has 3 heteroatoms. The molecule has 36 heavy (non-hydrogen) atoms.